The van der Waals surface area contributed by atoms with Crippen LogP contribution in [0.25, 0.3) is 0 Å². The molecule has 1 unspecified atom stereocenters. The van der Waals surface area contributed by atoms with Gasteiger partial charge in [0.2, 0.25) is 0 Å². The Morgan fingerprint density at radius 2 is 1.47 bits per heavy atom. The highest BCUT2D eigenvalue weighted by atomic mass is 16.5. The van der Waals surface area contributed by atoms with Gasteiger partial charge in [-0.15, -0.1) is 0 Å². The highest BCUT2D eigenvalue weighted by Gasteiger charge is 2.13. The molecule has 1 aromatic carbocycles. The topological polar surface area (TPSA) is 18.5 Å². The molecule has 0 fully saturated rings. The van der Waals surface area contributed by atoms with Crippen molar-refractivity contribution < 1.29 is 9.47 Å². The Morgan fingerprint density at radius 1 is 0.947 bits per heavy atom. The number of methoxy groups -OCH3 is 2. The third kappa shape index (κ3) is 4.45. The van der Waals surface area contributed by atoms with E-state index in [9.17, 15) is 0 Å². The van der Waals surface area contributed by atoms with Gasteiger partial charge in [-0.25, -0.2) is 0 Å². The van der Waals surface area contributed by atoms with E-state index >= 15 is 0 Å². The largest absolute Gasteiger partial charge is 0.496 e. The number of rotatable bonds is 7. The van der Waals surface area contributed by atoms with Crippen molar-refractivity contribution in [1.82, 2.24) is 0 Å². The maximum absolute atomic E-state index is 5.44. The Hall–Kier alpha value is -1.18. The van der Waals surface area contributed by atoms with E-state index in [2.05, 4.69) is 32.9 Å². The normalized spacial score (nSPS) is 12.6. The summed E-state index contributed by atoms with van der Waals surface area (Å²) >= 11 is 0. The van der Waals surface area contributed by atoms with E-state index in [1.54, 1.807) is 14.2 Å². The predicted molar refractivity (Wildman–Crippen MR) is 81.4 cm³/mol. The average molecular weight is 264 g/mol. The van der Waals surface area contributed by atoms with E-state index in [-0.39, 0.29) is 0 Å². The molecule has 108 valence electrons. The van der Waals surface area contributed by atoms with Gasteiger partial charge < -0.3 is 9.47 Å². The smallest absolute Gasteiger partial charge is 0.125 e. The second kappa shape index (κ2) is 7.42. The number of ether oxygens (including phenoxy) is 2. The first-order valence-electron chi connectivity index (χ1n) is 7.22. The molecule has 1 rings (SSSR count). The van der Waals surface area contributed by atoms with Gasteiger partial charge >= 0.3 is 0 Å². The van der Waals surface area contributed by atoms with Crippen LogP contribution in [-0.2, 0) is 0 Å². The van der Waals surface area contributed by atoms with Gasteiger partial charge in [0.1, 0.15) is 11.5 Å². The maximum Gasteiger partial charge on any atom is 0.125 e. The summed E-state index contributed by atoms with van der Waals surface area (Å²) in [6, 6.07) is 4.30. The van der Waals surface area contributed by atoms with E-state index < -0.39 is 0 Å². The van der Waals surface area contributed by atoms with Gasteiger partial charge in [-0.3, -0.25) is 0 Å². The van der Waals surface area contributed by atoms with Crippen molar-refractivity contribution in [2.75, 3.05) is 14.2 Å². The van der Waals surface area contributed by atoms with Crippen LogP contribution in [-0.4, -0.2) is 14.2 Å². The van der Waals surface area contributed by atoms with E-state index in [0.717, 1.165) is 23.0 Å². The maximum atomic E-state index is 5.44. The summed E-state index contributed by atoms with van der Waals surface area (Å²) in [6.45, 7) is 8.87. The van der Waals surface area contributed by atoms with Gasteiger partial charge in [0.15, 0.2) is 0 Å². The van der Waals surface area contributed by atoms with Crippen LogP contribution in [0.1, 0.15) is 57.1 Å². The lowest BCUT2D eigenvalue weighted by Crippen LogP contribution is -2.00. The van der Waals surface area contributed by atoms with Crippen LogP contribution >= 0.6 is 0 Å². The Balaban J connectivity index is 2.81. The summed E-state index contributed by atoms with van der Waals surface area (Å²) in [5, 5.41) is 0. The van der Waals surface area contributed by atoms with Crippen molar-refractivity contribution in [3.8, 4) is 11.5 Å². The molecule has 1 atom stereocenters. The molecule has 0 bridgehead atoms. The van der Waals surface area contributed by atoms with Crippen molar-refractivity contribution in [3.63, 3.8) is 0 Å². The minimum atomic E-state index is 0.544. The van der Waals surface area contributed by atoms with Crippen LogP contribution in [0.2, 0.25) is 0 Å². The first-order valence-corrected chi connectivity index (χ1v) is 7.22. The van der Waals surface area contributed by atoms with Gasteiger partial charge in [0.05, 0.1) is 14.2 Å². The minimum Gasteiger partial charge on any atom is -0.496 e. The highest BCUT2D eigenvalue weighted by Crippen LogP contribution is 2.34. The summed E-state index contributed by atoms with van der Waals surface area (Å²) in [5.74, 6) is 3.17. The quantitative estimate of drug-likeness (QED) is 0.694. The third-order valence-electron chi connectivity index (χ3n) is 3.76. The first kappa shape index (κ1) is 15.9. The minimum absolute atomic E-state index is 0.544. The molecule has 1 aromatic rings. The Bertz CT molecular complexity index is 371. The molecule has 2 heteroatoms. The second-order valence-electron chi connectivity index (χ2n) is 5.78. The number of hydrogen-bond donors (Lipinski definition) is 0. The van der Waals surface area contributed by atoms with Crippen LogP contribution in [0.3, 0.4) is 0 Å². The lowest BCUT2D eigenvalue weighted by Gasteiger charge is -2.17. The molecule has 0 aliphatic rings. The van der Waals surface area contributed by atoms with Crippen LogP contribution < -0.4 is 9.47 Å². The van der Waals surface area contributed by atoms with E-state index in [1.807, 2.05) is 6.92 Å². The lowest BCUT2D eigenvalue weighted by molar-refractivity contribution is 0.386. The summed E-state index contributed by atoms with van der Waals surface area (Å²) in [7, 11) is 3.43. The molecule has 0 N–H and O–H groups in total. The predicted octanol–water partition coefficient (Wildman–Crippen LogP) is 4.94. The average Bonchev–Trinajstić information content (AvgIpc) is 2.38. The molecular formula is C17H28O2. The molecule has 0 aliphatic carbocycles. The Labute approximate surface area is 118 Å². The highest BCUT2D eigenvalue weighted by molar-refractivity contribution is 5.48. The van der Waals surface area contributed by atoms with Gasteiger partial charge in [0, 0.05) is 5.56 Å². The fourth-order valence-corrected chi connectivity index (χ4v) is 2.39. The van der Waals surface area contributed by atoms with Gasteiger partial charge in [-0.2, -0.15) is 0 Å². The molecule has 0 spiro atoms. The zero-order chi connectivity index (χ0) is 14.4. The van der Waals surface area contributed by atoms with E-state index in [0.29, 0.717) is 5.92 Å². The number of benzene rings is 1. The van der Waals surface area contributed by atoms with Crippen molar-refractivity contribution >= 4 is 0 Å². The SMILES string of the molecule is COc1cc(C(C)CCCC(C)C)cc(OC)c1C. The molecular weight excluding hydrogens is 236 g/mol. The lowest BCUT2D eigenvalue weighted by atomic mass is 9.92. The van der Waals surface area contributed by atoms with Crippen LogP contribution in [0.15, 0.2) is 12.1 Å². The van der Waals surface area contributed by atoms with Crippen LogP contribution in [0.5, 0.6) is 11.5 Å². The van der Waals surface area contributed by atoms with Crippen molar-refractivity contribution in [1.29, 1.82) is 0 Å². The summed E-state index contributed by atoms with van der Waals surface area (Å²) in [6.07, 6.45) is 3.79. The van der Waals surface area contributed by atoms with Crippen LogP contribution in [0, 0.1) is 12.8 Å². The standard InChI is InChI=1S/C17H28O2/c1-12(2)8-7-9-13(3)15-10-16(18-5)14(4)17(11-15)19-6/h10-13H,7-9H2,1-6H3. The second-order valence-corrected chi connectivity index (χ2v) is 5.78. The molecule has 0 heterocycles. The van der Waals surface area contributed by atoms with Crippen molar-refractivity contribution in [2.45, 2.75) is 52.9 Å². The monoisotopic (exact) mass is 264 g/mol. The van der Waals surface area contributed by atoms with Crippen molar-refractivity contribution in [2.24, 2.45) is 5.92 Å². The summed E-state index contributed by atoms with van der Waals surface area (Å²) in [5.41, 5.74) is 2.38. The molecule has 0 aliphatic heterocycles. The van der Waals surface area contributed by atoms with E-state index in [4.69, 9.17) is 9.47 Å². The van der Waals surface area contributed by atoms with Crippen molar-refractivity contribution in [3.05, 3.63) is 23.3 Å². The van der Waals surface area contributed by atoms with Gasteiger partial charge in [-0.05, 0) is 42.9 Å². The Morgan fingerprint density at radius 3 is 1.89 bits per heavy atom. The first-order chi connectivity index (χ1) is 8.99. The van der Waals surface area contributed by atoms with E-state index in [1.165, 1.54) is 24.8 Å². The summed E-state index contributed by atoms with van der Waals surface area (Å²) in [4.78, 5) is 0. The fourth-order valence-electron chi connectivity index (χ4n) is 2.39. The summed E-state index contributed by atoms with van der Waals surface area (Å²) < 4.78 is 10.9. The Kier molecular flexibility index (Phi) is 6.20. The molecule has 0 saturated heterocycles. The molecule has 0 saturated carbocycles. The third-order valence-corrected chi connectivity index (χ3v) is 3.76. The van der Waals surface area contributed by atoms with Crippen LogP contribution in [0.4, 0.5) is 0 Å². The molecule has 0 aromatic heterocycles. The molecule has 19 heavy (non-hydrogen) atoms. The fraction of sp³-hybridized carbons (Fsp3) is 0.647. The molecule has 0 radical (unpaired) electrons. The zero-order valence-electron chi connectivity index (χ0n) is 13.2. The molecule has 0 amide bonds. The van der Waals surface area contributed by atoms with Gasteiger partial charge in [0.25, 0.3) is 0 Å². The zero-order valence-corrected chi connectivity index (χ0v) is 13.2. The number of hydrogen-bond acceptors (Lipinski definition) is 2. The van der Waals surface area contributed by atoms with Gasteiger partial charge in [-0.1, -0.05) is 33.6 Å². The molecule has 2 nitrogen and oxygen atoms in total.